The number of carbonyl (C=O) groups excluding carboxylic acids is 1. The van der Waals surface area contributed by atoms with Crippen LogP contribution in [0.5, 0.6) is 5.75 Å². The molecule has 20 heavy (non-hydrogen) atoms. The van der Waals surface area contributed by atoms with Crippen molar-refractivity contribution in [1.29, 1.82) is 0 Å². The minimum atomic E-state index is -0.0369. The van der Waals surface area contributed by atoms with E-state index in [1.54, 1.807) is 55.6 Å². The lowest BCUT2D eigenvalue weighted by Gasteiger charge is -2.06. The molecule has 0 heterocycles. The molecule has 0 saturated carbocycles. The van der Waals surface area contributed by atoms with Crippen molar-refractivity contribution in [2.45, 2.75) is 0 Å². The Morgan fingerprint density at radius 1 is 0.950 bits per heavy atom. The largest absolute Gasteiger partial charge is 0.491 e. The molecule has 2 rings (SSSR count). The number of ketones is 1. The minimum Gasteiger partial charge on any atom is -0.491 e. The summed E-state index contributed by atoms with van der Waals surface area (Å²) in [6, 6.07) is 13.9. The summed E-state index contributed by atoms with van der Waals surface area (Å²) in [6.07, 6.45) is 0. The molecule has 0 fully saturated rings. The van der Waals surface area contributed by atoms with Crippen LogP contribution in [-0.4, -0.2) is 26.1 Å². The molecule has 0 N–H and O–H groups in total. The van der Waals surface area contributed by atoms with Crippen molar-refractivity contribution in [3.63, 3.8) is 0 Å². The molecule has 104 valence electrons. The smallest absolute Gasteiger partial charge is 0.193 e. The quantitative estimate of drug-likeness (QED) is 0.602. The van der Waals surface area contributed by atoms with E-state index in [9.17, 15) is 4.79 Å². The molecule has 0 aromatic heterocycles. The van der Waals surface area contributed by atoms with Crippen LogP contribution in [-0.2, 0) is 4.74 Å². The molecule has 0 aliphatic rings. The lowest BCUT2D eigenvalue weighted by Crippen LogP contribution is -2.05. The first-order valence-corrected chi connectivity index (χ1v) is 6.60. The van der Waals surface area contributed by atoms with Crippen LogP contribution in [0, 0.1) is 0 Å². The van der Waals surface area contributed by atoms with Crippen molar-refractivity contribution in [3.8, 4) is 5.75 Å². The van der Waals surface area contributed by atoms with Crippen LogP contribution in [0.2, 0.25) is 5.02 Å². The molecule has 2 aromatic rings. The normalized spacial score (nSPS) is 10.3. The minimum absolute atomic E-state index is 0.0369. The van der Waals surface area contributed by atoms with Crippen molar-refractivity contribution in [3.05, 3.63) is 64.7 Å². The van der Waals surface area contributed by atoms with E-state index in [0.717, 1.165) is 5.75 Å². The summed E-state index contributed by atoms with van der Waals surface area (Å²) < 4.78 is 10.4. The van der Waals surface area contributed by atoms with Gasteiger partial charge in [-0.3, -0.25) is 4.79 Å². The zero-order valence-corrected chi connectivity index (χ0v) is 11.9. The van der Waals surface area contributed by atoms with Crippen molar-refractivity contribution in [2.75, 3.05) is 20.3 Å². The Morgan fingerprint density at radius 3 is 2.05 bits per heavy atom. The summed E-state index contributed by atoms with van der Waals surface area (Å²) in [7, 11) is 1.62. The number of hydrogen-bond donors (Lipinski definition) is 0. The van der Waals surface area contributed by atoms with E-state index in [-0.39, 0.29) is 5.78 Å². The van der Waals surface area contributed by atoms with Gasteiger partial charge in [0.2, 0.25) is 0 Å². The molecule has 0 unspecified atom stereocenters. The van der Waals surface area contributed by atoms with E-state index >= 15 is 0 Å². The lowest BCUT2D eigenvalue weighted by molar-refractivity contribution is 0.103. The van der Waals surface area contributed by atoms with Crippen molar-refractivity contribution >= 4 is 17.4 Å². The van der Waals surface area contributed by atoms with Gasteiger partial charge in [-0.15, -0.1) is 0 Å². The van der Waals surface area contributed by atoms with Gasteiger partial charge in [0.05, 0.1) is 6.61 Å². The van der Waals surface area contributed by atoms with Crippen LogP contribution < -0.4 is 4.74 Å². The molecule has 0 aliphatic heterocycles. The third-order valence-electron chi connectivity index (χ3n) is 2.78. The van der Waals surface area contributed by atoms with Gasteiger partial charge < -0.3 is 9.47 Å². The molecule has 4 heteroatoms. The van der Waals surface area contributed by atoms with Crippen LogP contribution in [0.25, 0.3) is 0 Å². The van der Waals surface area contributed by atoms with E-state index in [1.807, 2.05) is 0 Å². The Kier molecular flexibility index (Phi) is 5.16. The lowest BCUT2D eigenvalue weighted by atomic mass is 10.0. The number of ether oxygens (including phenoxy) is 2. The first-order valence-electron chi connectivity index (χ1n) is 6.23. The first kappa shape index (κ1) is 14.6. The second-order valence-corrected chi connectivity index (χ2v) is 4.64. The van der Waals surface area contributed by atoms with Gasteiger partial charge in [-0.25, -0.2) is 0 Å². The summed E-state index contributed by atoms with van der Waals surface area (Å²) in [5, 5.41) is 0.614. The highest BCUT2D eigenvalue weighted by Gasteiger charge is 2.08. The molecule has 2 aromatic carbocycles. The fraction of sp³-hybridized carbons (Fsp3) is 0.188. The molecular weight excluding hydrogens is 276 g/mol. The summed E-state index contributed by atoms with van der Waals surface area (Å²) in [4.78, 5) is 12.2. The summed E-state index contributed by atoms with van der Waals surface area (Å²) in [5.41, 5.74) is 1.23. The number of rotatable bonds is 6. The van der Waals surface area contributed by atoms with E-state index < -0.39 is 0 Å². The molecule has 0 bridgehead atoms. The van der Waals surface area contributed by atoms with Gasteiger partial charge in [-0.05, 0) is 48.5 Å². The molecule has 0 atom stereocenters. The zero-order chi connectivity index (χ0) is 14.4. The first-order chi connectivity index (χ1) is 9.70. The fourth-order valence-electron chi connectivity index (χ4n) is 1.71. The van der Waals surface area contributed by atoms with Crippen LogP contribution in [0.15, 0.2) is 48.5 Å². The molecule has 0 aliphatic carbocycles. The average molecular weight is 291 g/mol. The fourth-order valence-corrected chi connectivity index (χ4v) is 1.84. The SMILES string of the molecule is COCCOc1ccc(C(=O)c2ccc(Cl)cc2)cc1. The average Bonchev–Trinajstić information content (AvgIpc) is 2.48. The Balaban J connectivity index is 2.05. The number of halogens is 1. The van der Waals surface area contributed by atoms with Crippen LogP contribution in [0.4, 0.5) is 0 Å². The van der Waals surface area contributed by atoms with Gasteiger partial charge in [0, 0.05) is 23.3 Å². The molecular formula is C16H15ClO3. The maximum atomic E-state index is 12.2. The Labute approximate surface area is 123 Å². The van der Waals surface area contributed by atoms with Gasteiger partial charge in [0.1, 0.15) is 12.4 Å². The second kappa shape index (κ2) is 7.08. The summed E-state index contributed by atoms with van der Waals surface area (Å²) in [5.74, 6) is 0.680. The summed E-state index contributed by atoms with van der Waals surface area (Å²) >= 11 is 5.81. The van der Waals surface area contributed by atoms with Crippen molar-refractivity contribution in [1.82, 2.24) is 0 Å². The van der Waals surface area contributed by atoms with Crippen LogP contribution >= 0.6 is 11.6 Å². The van der Waals surface area contributed by atoms with Gasteiger partial charge in [0.25, 0.3) is 0 Å². The van der Waals surface area contributed by atoms with E-state index in [4.69, 9.17) is 21.1 Å². The molecule has 0 amide bonds. The number of benzene rings is 2. The second-order valence-electron chi connectivity index (χ2n) is 4.20. The van der Waals surface area contributed by atoms with Crippen molar-refractivity contribution in [2.24, 2.45) is 0 Å². The van der Waals surface area contributed by atoms with Crippen LogP contribution in [0.1, 0.15) is 15.9 Å². The predicted molar refractivity (Wildman–Crippen MR) is 78.7 cm³/mol. The Hall–Kier alpha value is -1.84. The monoisotopic (exact) mass is 290 g/mol. The number of hydrogen-bond acceptors (Lipinski definition) is 3. The van der Waals surface area contributed by atoms with Gasteiger partial charge in [-0.1, -0.05) is 11.6 Å². The highest BCUT2D eigenvalue weighted by Crippen LogP contribution is 2.17. The topological polar surface area (TPSA) is 35.5 Å². The number of methoxy groups -OCH3 is 1. The maximum absolute atomic E-state index is 12.2. The van der Waals surface area contributed by atoms with E-state index in [0.29, 0.717) is 29.4 Å². The molecule has 0 radical (unpaired) electrons. The Morgan fingerprint density at radius 2 is 1.50 bits per heavy atom. The summed E-state index contributed by atoms with van der Waals surface area (Å²) in [6.45, 7) is 1.02. The van der Waals surface area contributed by atoms with Gasteiger partial charge in [0.15, 0.2) is 5.78 Å². The maximum Gasteiger partial charge on any atom is 0.193 e. The third kappa shape index (κ3) is 3.83. The van der Waals surface area contributed by atoms with Crippen molar-refractivity contribution < 1.29 is 14.3 Å². The number of carbonyl (C=O) groups is 1. The highest BCUT2D eigenvalue weighted by atomic mass is 35.5. The third-order valence-corrected chi connectivity index (χ3v) is 3.03. The predicted octanol–water partition coefficient (Wildman–Crippen LogP) is 3.60. The van der Waals surface area contributed by atoms with E-state index in [2.05, 4.69) is 0 Å². The van der Waals surface area contributed by atoms with E-state index in [1.165, 1.54) is 0 Å². The zero-order valence-electron chi connectivity index (χ0n) is 11.1. The Bertz CT molecular complexity index is 561. The standard InChI is InChI=1S/C16H15ClO3/c1-19-10-11-20-15-8-4-13(5-9-15)16(18)12-2-6-14(17)7-3-12/h2-9H,10-11H2,1H3. The van der Waals surface area contributed by atoms with Gasteiger partial charge in [-0.2, -0.15) is 0 Å². The molecule has 3 nitrogen and oxygen atoms in total. The molecule has 0 saturated heterocycles. The van der Waals surface area contributed by atoms with Gasteiger partial charge >= 0.3 is 0 Å². The highest BCUT2D eigenvalue weighted by molar-refractivity contribution is 6.30. The molecule has 0 spiro atoms. The van der Waals surface area contributed by atoms with Crippen LogP contribution in [0.3, 0.4) is 0 Å².